The Morgan fingerprint density at radius 1 is 1.33 bits per heavy atom. The van der Waals surface area contributed by atoms with E-state index in [-0.39, 0.29) is 18.4 Å². The molecule has 2 atom stereocenters. The van der Waals surface area contributed by atoms with Crippen LogP contribution in [-0.2, 0) is 11.8 Å². The number of carbonyl (C=O) groups excluding carboxylic acids is 1. The second-order valence-electron chi connectivity index (χ2n) is 6.01. The van der Waals surface area contributed by atoms with E-state index >= 15 is 0 Å². The third-order valence-corrected chi connectivity index (χ3v) is 4.54. The number of aliphatic hydroxyl groups is 1. The molecule has 1 aromatic carbocycles. The number of aromatic nitrogens is 2. The Morgan fingerprint density at radius 3 is 2.46 bits per heavy atom. The van der Waals surface area contributed by atoms with E-state index < -0.39 is 6.10 Å². The van der Waals surface area contributed by atoms with Crippen LogP contribution in [0.4, 0.5) is 0 Å². The normalized spacial score (nSPS) is 13.6. The molecule has 0 unspecified atom stereocenters. The van der Waals surface area contributed by atoms with Gasteiger partial charge in [0.2, 0.25) is 5.91 Å². The number of nitrogens with zero attached hydrogens (tertiary/aromatic N) is 2. The molecule has 5 nitrogen and oxygen atoms in total. The smallest absolute Gasteiger partial charge is 0.223 e. The summed E-state index contributed by atoms with van der Waals surface area (Å²) in [6, 6.07) is 6.76. The van der Waals surface area contributed by atoms with Crippen LogP contribution >= 0.6 is 11.6 Å². The van der Waals surface area contributed by atoms with Crippen LogP contribution in [0, 0.1) is 13.8 Å². The molecule has 2 rings (SSSR count). The van der Waals surface area contributed by atoms with Gasteiger partial charge in [-0.15, -0.1) is 0 Å². The van der Waals surface area contributed by atoms with Crippen molar-refractivity contribution in [3.05, 3.63) is 51.8 Å². The molecule has 2 aromatic rings. The lowest BCUT2D eigenvalue weighted by molar-refractivity contribution is -0.123. The fourth-order valence-corrected chi connectivity index (χ4v) is 3.03. The molecule has 1 aromatic heterocycles. The molecule has 1 amide bonds. The van der Waals surface area contributed by atoms with Crippen molar-refractivity contribution in [3.8, 4) is 0 Å². The predicted molar refractivity (Wildman–Crippen MR) is 94.9 cm³/mol. The molecular weight excluding hydrogens is 326 g/mol. The molecule has 0 spiro atoms. The van der Waals surface area contributed by atoms with E-state index in [0.717, 1.165) is 23.4 Å². The summed E-state index contributed by atoms with van der Waals surface area (Å²) in [7, 11) is 1.89. The van der Waals surface area contributed by atoms with Crippen molar-refractivity contribution in [2.45, 2.75) is 45.8 Å². The zero-order chi connectivity index (χ0) is 17.9. The van der Waals surface area contributed by atoms with Crippen LogP contribution in [-0.4, -0.2) is 20.8 Å². The van der Waals surface area contributed by atoms with Crippen molar-refractivity contribution < 1.29 is 9.90 Å². The minimum atomic E-state index is -0.851. The molecule has 0 bridgehead atoms. The van der Waals surface area contributed by atoms with Gasteiger partial charge in [0.05, 0.1) is 24.3 Å². The van der Waals surface area contributed by atoms with Crippen LogP contribution in [0.25, 0.3) is 0 Å². The first kappa shape index (κ1) is 18.5. The third kappa shape index (κ3) is 4.16. The molecule has 0 saturated heterocycles. The summed E-state index contributed by atoms with van der Waals surface area (Å²) in [6.45, 7) is 5.96. The van der Waals surface area contributed by atoms with Crippen LogP contribution in [0.15, 0.2) is 24.3 Å². The van der Waals surface area contributed by atoms with Crippen molar-refractivity contribution in [1.82, 2.24) is 15.1 Å². The first-order chi connectivity index (χ1) is 11.3. The maximum atomic E-state index is 12.3. The molecule has 6 heteroatoms. The van der Waals surface area contributed by atoms with E-state index in [1.807, 2.05) is 32.5 Å². The van der Waals surface area contributed by atoms with Gasteiger partial charge in [-0.2, -0.15) is 5.10 Å². The van der Waals surface area contributed by atoms with Crippen molar-refractivity contribution in [3.63, 3.8) is 0 Å². The summed E-state index contributed by atoms with van der Waals surface area (Å²) in [6.07, 6.45) is -0.0806. The zero-order valence-corrected chi connectivity index (χ0v) is 15.3. The lowest BCUT2D eigenvalue weighted by Crippen LogP contribution is -2.30. The molecule has 130 valence electrons. The van der Waals surface area contributed by atoms with Crippen molar-refractivity contribution in [1.29, 1.82) is 0 Å². The van der Waals surface area contributed by atoms with Gasteiger partial charge in [-0.3, -0.25) is 9.48 Å². The van der Waals surface area contributed by atoms with E-state index in [2.05, 4.69) is 10.4 Å². The lowest BCUT2D eigenvalue weighted by atomic mass is 10.0. The Hall–Kier alpha value is -1.85. The second kappa shape index (κ2) is 7.81. The highest BCUT2D eigenvalue weighted by molar-refractivity contribution is 6.30. The highest BCUT2D eigenvalue weighted by atomic mass is 35.5. The molecule has 2 N–H and O–H groups in total. The minimum Gasteiger partial charge on any atom is -0.388 e. The largest absolute Gasteiger partial charge is 0.388 e. The fraction of sp³-hybridized carbons (Fsp3) is 0.444. The van der Waals surface area contributed by atoms with Gasteiger partial charge in [-0.25, -0.2) is 0 Å². The average Bonchev–Trinajstić information content (AvgIpc) is 2.78. The maximum absolute atomic E-state index is 12.3. The monoisotopic (exact) mass is 349 g/mol. The van der Waals surface area contributed by atoms with E-state index in [1.54, 1.807) is 24.3 Å². The van der Waals surface area contributed by atoms with Crippen molar-refractivity contribution >= 4 is 17.5 Å². The average molecular weight is 350 g/mol. The van der Waals surface area contributed by atoms with Gasteiger partial charge in [0.25, 0.3) is 0 Å². The first-order valence-corrected chi connectivity index (χ1v) is 8.44. The Labute approximate surface area is 147 Å². The number of amides is 1. The Bertz CT molecular complexity index is 710. The van der Waals surface area contributed by atoms with Gasteiger partial charge in [-0.05, 0) is 38.0 Å². The van der Waals surface area contributed by atoms with Crippen molar-refractivity contribution in [2.24, 2.45) is 7.05 Å². The summed E-state index contributed by atoms with van der Waals surface area (Å²) in [5.41, 5.74) is 3.68. The molecular formula is C18H24ClN3O2. The van der Waals surface area contributed by atoms with Crippen LogP contribution in [0.5, 0.6) is 0 Å². The summed E-state index contributed by atoms with van der Waals surface area (Å²) < 4.78 is 1.82. The molecule has 0 aliphatic rings. The zero-order valence-electron chi connectivity index (χ0n) is 14.5. The molecule has 0 fully saturated rings. The van der Waals surface area contributed by atoms with Gasteiger partial charge in [0.15, 0.2) is 0 Å². The summed E-state index contributed by atoms with van der Waals surface area (Å²) in [5, 5.41) is 18.3. The van der Waals surface area contributed by atoms with Crippen LogP contribution in [0.2, 0.25) is 5.02 Å². The third-order valence-electron chi connectivity index (χ3n) is 4.29. The Morgan fingerprint density at radius 2 is 1.96 bits per heavy atom. The number of carbonyl (C=O) groups is 1. The number of aryl methyl sites for hydroxylation is 2. The lowest BCUT2D eigenvalue weighted by Gasteiger charge is -2.19. The maximum Gasteiger partial charge on any atom is 0.223 e. The fourth-order valence-electron chi connectivity index (χ4n) is 2.90. The van der Waals surface area contributed by atoms with Crippen LogP contribution < -0.4 is 5.32 Å². The number of hydrogen-bond acceptors (Lipinski definition) is 3. The molecule has 24 heavy (non-hydrogen) atoms. The molecule has 0 aliphatic carbocycles. The van der Waals surface area contributed by atoms with Gasteiger partial charge >= 0.3 is 0 Å². The van der Waals surface area contributed by atoms with Gasteiger partial charge in [0.1, 0.15) is 0 Å². The Kier molecular flexibility index (Phi) is 6.02. The summed E-state index contributed by atoms with van der Waals surface area (Å²) in [4.78, 5) is 12.3. The van der Waals surface area contributed by atoms with E-state index in [4.69, 9.17) is 11.6 Å². The van der Waals surface area contributed by atoms with Crippen LogP contribution in [0.1, 0.15) is 54.4 Å². The van der Waals surface area contributed by atoms with Gasteiger partial charge < -0.3 is 10.4 Å². The number of hydrogen-bond donors (Lipinski definition) is 2. The quantitative estimate of drug-likeness (QED) is 0.840. The number of aliphatic hydroxyl groups excluding tert-OH is 1. The molecule has 0 radical (unpaired) electrons. The number of benzene rings is 1. The van der Waals surface area contributed by atoms with E-state index in [0.29, 0.717) is 10.6 Å². The van der Waals surface area contributed by atoms with E-state index in [9.17, 15) is 9.90 Å². The van der Waals surface area contributed by atoms with Crippen LogP contribution in [0.3, 0.4) is 0 Å². The molecule has 1 heterocycles. The Balaban J connectivity index is 2.05. The minimum absolute atomic E-state index is 0.0104. The number of halogens is 1. The number of rotatable bonds is 6. The van der Waals surface area contributed by atoms with E-state index in [1.165, 1.54) is 0 Å². The van der Waals surface area contributed by atoms with Crippen molar-refractivity contribution in [2.75, 3.05) is 0 Å². The molecule has 0 saturated carbocycles. The predicted octanol–water partition coefficient (Wildman–Crippen LogP) is 3.38. The first-order valence-electron chi connectivity index (χ1n) is 8.06. The summed E-state index contributed by atoms with van der Waals surface area (Å²) >= 11 is 5.84. The topological polar surface area (TPSA) is 67.2 Å². The van der Waals surface area contributed by atoms with Gasteiger partial charge in [-0.1, -0.05) is 30.7 Å². The number of nitrogens with one attached hydrogen (secondary N) is 1. The second-order valence-corrected chi connectivity index (χ2v) is 6.44. The van der Waals surface area contributed by atoms with Gasteiger partial charge in [0, 0.05) is 23.3 Å². The highest BCUT2D eigenvalue weighted by Gasteiger charge is 2.22. The summed E-state index contributed by atoms with van der Waals surface area (Å²) in [5.74, 6) is -0.188. The molecule has 0 aliphatic heterocycles. The standard InChI is InChI=1S/C18H24ClN3O2/c1-5-15(18-11(2)21-22(4)12(18)3)20-17(24)10-16(23)13-6-8-14(19)9-7-13/h6-9,15-16,23H,5,10H2,1-4H3,(H,20,24)/t15-,16+/m1/s1. The highest BCUT2D eigenvalue weighted by Crippen LogP contribution is 2.25. The SMILES string of the molecule is CC[C@@H](NC(=O)C[C@H](O)c1ccc(Cl)cc1)c1c(C)nn(C)c1C.